The highest BCUT2D eigenvalue weighted by molar-refractivity contribution is 5.95. The van der Waals surface area contributed by atoms with Crippen LogP contribution in [0.3, 0.4) is 0 Å². The topological polar surface area (TPSA) is 24.9 Å². The van der Waals surface area contributed by atoms with E-state index in [4.69, 9.17) is 0 Å². The normalized spacial score (nSPS) is 11.2. The summed E-state index contributed by atoms with van der Waals surface area (Å²) in [5.41, 5.74) is 1.35. The first-order valence-electron chi connectivity index (χ1n) is 7.43. The maximum Gasteiger partial charge on any atom is 0.199 e. The summed E-state index contributed by atoms with van der Waals surface area (Å²) in [6, 6.07) is 15.6. The molecule has 1 heterocycles. The maximum absolute atomic E-state index is 14.0. The average molecular weight is 342 g/mol. The van der Waals surface area contributed by atoms with Crippen LogP contribution in [0.25, 0.3) is 21.8 Å². The predicted octanol–water partition coefficient (Wildman–Crippen LogP) is 5.69. The first-order valence-corrected chi connectivity index (χ1v) is 7.43. The average Bonchev–Trinajstić information content (AvgIpc) is 2.64. The van der Waals surface area contributed by atoms with Crippen molar-refractivity contribution in [2.24, 2.45) is 0 Å². The molecule has 1 N–H and O–H groups in total. The molecule has 3 aromatic carbocycles. The van der Waals surface area contributed by atoms with Crippen LogP contribution in [0.4, 0.5) is 28.9 Å². The van der Waals surface area contributed by atoms with Crippen LogP contribution in [-0.2, 0) is 0 Å². The summed E-state index contributed by atoms with van der Waals surface area (Å²) in [5, 5.41) is 3.23. The number of aromatic nitrogens is 1. The Hall–Kier alpha value is -3.15. The third kappa shape index (κ3) is 2.55. The molecule has 0 aliphatic rings. The van der Waals surface area contributed by atoms with Crippen molar-refractivity contribution in [1.82, 2.24) is 4.98 Å². The molecule has 0 radical (unpaired) electrons. The first-order chi connectivity index (χ1) is 12.0. The molecule has 124 valence electrons. The molecule has 4 aromatic rings. The lowest BCUT2D eigenvalue weighted by Crippen LogP contribution is -2.00. The van der Waals surface area contributed by atoms with Crippen molar-refractivity contribution in [2.75, 3.05) is 5.32 Å². The number of rotatable bonds is 2. The second kappa shape index (κ2) is 5.73. The van der Waals surface area contributed by atoms with Gasteiger partial charge < -0.3 is 5.32 Å². The molecule has 0 amide bonds. The third-order valence-electron chi connectivity index (χ3n) is 3.90. The van der Waals surface area contributed by atoms with Gasteiger partial charge in [-0.05, 0) is 36.4 Å². The van der Waals surface area contributed by atoms with Gasteiger partial charge in [-0.25, -0.2) is 22.5 Å². The van der Waals surface area contributed by atoms with Gasteiger partial charge in [-0.3, -0.25) is 0 Å². The number of nitrogens with one attached hydrogen (secondary N) is 1. The zero-order chi connectivity index (χ0) is 17.6. The minimum atomic E-state index is -1.86. The van der Waals surface area contributed by atoms with Gasteiger partial charge in [-0.1, -0.05) is 18.2 Å². The van der Waals surface area contributed by atoms with Crippen LogP contribution < -0.4 is 5.32 Å². The summed E-state index contributed by atoms with van der Waals surface area (Å²) < 4.78 is 54.7. The Balaban J connectivity index is 1.89. The molecule has 0 aliphatic carbocycles. The Morgan fingerprint density at radius 3 is 2.16 bits per heavy atom. The van der Waals surface area contributed by atoms with Crippen molar-refractivity contribution in [3.8, 4) is 0 Å². The van der Waals surface area contributed by atoms with E-state index in [1.54, 1.807) is 18.2 Å². The van der Waals surface area contributed by atoms with Crippen LogP contribution in [0.2, 0.25) is 0 Å². The molecule has 0 saturated heterocycles. The van der Waals surface area contributed by atoms with E-state index in [0.717, 1.165) is 5.69 Å². The molecule has 0 aliphatic heterocycles. The van der Waals surface area contributed by atoms with Gasteiger partial charge in [0.25, 0.3) is 0 Å². The minimum Gasteiger partial charge on any atom is -0.356 e. The minimum absolute atomic E-state index is 0.343. The van der Waals surface area contributed by atoms with E-state index in [1.165, 1.54) is 6.07 Å². The van der Waals surface area contributed by atoms with E-state index >= 15 is 0 Å². The van der Waals surface area contributed by atoms with Crippen molar-refractivity contribution in [2.45, 2.75) is 0 Å². The van der Waals surface area contributed by atoms with Gasteiger partial charge in [-0.15, -0.1) is 0 Å². The zero-order valence-corrected chi connectivity index (χ0v) is 12.7. The van der Waals surface area contributed by atoms with Crippen LogP contribution in [-0.4, -0.2) is 4.98 Å². The fourth-order valence-electron chi connectivity index (χ4n) is 2.69. The third-order valence-corrected chi connectivity index (χ3v) is 3.90. The summed E-state index contributed by atoms with van der Waals surface area (Å²) in [5.74, 6) is -6.66. The molecule has 0 fully saturated rings. The number of benzene rings is 3. The molecule has 0 saturated carbocycles. The molecule has 6 heteroatoms. The van der Waals surface area contributed by atoms with E-state index in [0.29, 0.717) is 16.6 Å². The Kier molecular flexibility index (Phi) is 3.53. The summed E-state index contributed by atoms with van der Waals surface area (Å²) in [7, 11) is 0. The van der Waals surface area contributed by atoms with E-state index in [2.05, 4.69) is 10.3 Å². The summed E-state index contributed by atoms with van der Waals surface area (Å²) >= 11 is 0. The number of pyridine rings is 1. The Morgan fingerprint density at radius 1 is 0.680 bits per heavy atom. The summed E-state index contributed by atoms with van der Waals surface area (Å²) in [6.07, 6.45) is 0. The number of halogens is 4. The largest absolute Gasteiger partial charge is 0.356 e. The van der Waals surface area contributed by atoms with Crippen molar-refractivity contribution < 1.29 is 17.6 Å². The van der Waals surface area contributed by atoms with Gasteiger partial charge in [0, 0.05) is 22.1 Å². The van der Waals surface area contributed by atoms with Gasteiger partial charge in [0.15, 0.2) is 23.3 Å². The molecule has 25 heavy (non-hydrogen) atoms. The molecule has 0 atom stereocenters. The van der Waals surface area contributed by atoms with Gasteiger partial charge in [-0.2, -0.15) is 0 Å². The molecule has 2 nitrogen and oxygen atoms in total. The number of para-hydroxylation sites is 1. The fraction of sp³-hybridized carbons (Fsp3) is 0. The van der Waals surface area contributed by atoms with Crippen molar-refractivity contribution in [3.63, 3.8) is 0 Å². The van der Waals surface area contributed by atoms with Crippen molar-refractivity contribution in [1.29, 1.82) is 0 Å². The zero-order valence-electron chi connectivity index (χ0n) is 12.7. The number of hydrogen-bond acceptors (Lipinski definition) is 2. The van der Waals surface area contributed by atoms with E-state index in [1.807, 2.05) is 30.3 Å². The highest BCUT2D eigenvalue weighted by Gasteiger charge is 2.21. The SMILES string of the molecule is Fc1c(F)c(F)c2nc3ccc(Nc4ccccc4)cc3cc2c1F. The monoisotopic (exact) mass is 342 g/mol. The smallest absolute Gasteiger partial charge is 0.199 e. The molecular weight excluding hydrogens is 332 g/mol. The molecule has 4 rings (SSSR count). The number of nitrogens with zero attached hydrogens (tertiary/aromatic N) is 1. The number of fused-ring (bicyclic) bond motifs is 2. The molecule has 1 aromatic heterocycles. The molecule has 0 bridgehead atoms. The van der Waals surface area contributed by atoms with E-state index in [9.17, 15) is 17.6 Å². The molecule has 0 spiro atoms. The van der Waals surface area contributed by atoms with Crippen LogP contribution in [0, 0.1) is 23.3 Å². The Morgan fingerprint density at radius 2 is 1.40 bits per heavy atom. The van der Waals surface area contributed by atoms with Crippen LogP contribution >= 0.6 is 0 Å². The highest BCUT2D eigenvalue weighted by atomic mass is 19.2. The Labute approximate surface area is 139 Å². The van der Waals surface area contributed by atoms with Crippen molar-refractivity contribution >= 4 is 33.2 Å². The second-order valence-corrected chi connectivity index (χ2v) is 5.54. The number of anilines is 2. The van der Waals surface area contributed by atoms with Gasteiger partial charge in [0.1, 0.15) is 5.52 Å². The number of hydrogen-bond donors (Lipinski definition) is 1. The van der Waals surface area contributed by atoms with Gasteiger partial charge >= 0.3 is 0 Å². The highest BCUT2D eigenvalue weighted by Crippen LogP contribution is 2.30. The lowest BCUT2D eigenvalue weighted by molar-refractivity contribution is 0.417. The summed E-state index contributed by atoms with van der Waals surface area (Å²) in [4.78, 5) is 3.94. The van der Waals surface area contributed by atoms with Gasteiger partial charge in [0.2, 0.25) is 0 Å². The van der Waals surface area contributed by atoms with Gasteiger partial charge in [0.05, 0.1) is 5.52 Å². The lowest BCUT2D eigenvalue weighted by atomic mass is 10.1. The lowest BCUT2D eigenvalue weighted by Gasteiger charge is -2.09. The van der Waals surface area contributed by atoms with E-state index in [-0.39, 0.29) is 0 Å². The summed E-state index contributed by atoms with van der Waals surface area (Å²) in [6.45, 7) is 0. The molecule has 0 unspecified atom stereocenters. The quantitative estimate of drug-likeness (QED) is 0.219. The Bertz CT molecular complexity index is 1110. The second-order valence-electron chi connectivity index (χ2n) is 5.54. The fourth-order valence-corrected chi connectivity index (χ4v) is 2.69. The standard InChI is InChI=1S/C19H10F4N2/c20-15-13-9-10-8-12(24-11-4-2-1-3-5-11)6-7-14(10)25-19(13)18(23)17(22)16(15)21/h1-9,24H. The van der Waals surface area contributed by atoms with Crippen molar-refractivity contribution in [3.05, 3.63) is 77.9 Å². The predicted molar refractivity (Wildman–Crippen MR) is 88.8 cm³/mol. The first kappa shape index (κ1) is 15.4. The van der Waals surface area contributed by atoms with Crippen LogP contribution in [0.1, 0.15) is 0 Å². The maximum atomic E-state index is 14.0. The van der Waals surface area contributed by atoms with Crippen LogP contribution in [0.5, 0.6) is 0 Å². The molecular formula is C19H10F4N2. The van der Waals surface area contributed by atoms with E-state index < -0.39 is 34.2 Å². The van der Waals surface area contributed by atoms with Crippen LogP contribution in [0.15, 0.2) is 54.6 Å².